The molecule has 0 saturated carbocycles. The number of aromatic amines is 1. The lowest BCUT2D eigenvalue weighted by Gasteiger charge is -2.08. The molecule has 3 N–H and O–H groups in total. The second-order valence-corrected chi connectivity index (χ2v) is 5.63. The highest BCUT2D eigenvalue weighted by Crippen LogP contribution is 2.30. The van der Waals surface area contributed by atoms with Crippen molar-refractivity contribution in [2.24, 2.45) is 0 Å². The first-order valence-corrected chi connectivity index (χ1v) is 7.73. The molecule has 0 fully saturated rings. The van der Waals surface area contributed by atoms with Gasteiger partial charge in [0.25, 0.3) is 5.56 Å². The van der Waals surface area contributed by atoms with Crippen LogP contribution in [0.3, 0.4) is 0 Å². The summed E-state index contributed by atoms with van der Waals surface area (Å²) in [5.74, 6) is 0.715. The first kappa shape index (κ1) is 15.4. The van der Waals surface area contributed by atoms with Crippen molar-refractivity contribution in [2.75, 3.05) is 12.3 Å². The predicted octanol–water partition coefficient (Wildman–Crippen LogP) is 2.85. The average molecular weight is 305 g/mol. The lowest BCUT2D eigenvalue weighted by Crippen LogP contribution is -2.09. The van der Waals surface area contributed by atoms with Crippen LogP contribution in [0.15, 0.2) is 39.1 Å². The second-order valence-electron chi connectivity index (χ2n) is 4.56. The molecule has 2 rings (SSSR count). The Morgan fingerprint density at radius 3 is 2.81 bits per heavy atom. The molecule has 6 heteroatoms. The van der Waals surface area contributed by atoms with Gasteiger partial charge in [0.15, 0.2) is 5.16 Å². The maximum atomic E-state index is 11.7. The van der Waals surface area contributed by atoms with Crippen LogP contribution in [0.25, 0.3) is 0 Å². The number of aromatic nitrogens is 2. The van der Waals surface area contributed by atoms with Crippen LogP contribution >= 0.6 is 11.8 Å². The van der Waals surface area contributed by atoms with Crippen molar-refractivity contribution in [1.82, 2.24) is 9.97 Å². The van der Waals surface area contributed by atoms with E-state index in [2.05, 4.69) is 16.9 Å². The number of ether oxygens (including phenoxy) is 1. The minimum absolute atomic E-state index is 0.134. The van der Waals surface area contributed by atoms with Crippen molar-refractivity contribution >= 4 is 17.4 Å². The Balaban J connectivity index is 2.27. The van der Waals surface area contributed by atoms with E-state index in [4.69, 9.17) is 10.5 Å². The summed E-state index contributed by atoms with van der Waals surface area (Å²) < 4.78 is 5.47. The van der Waals surface area contributed by atoms with Crippen LogP contribution < -0.4 is 16.0 Å². The van der Waals surface area contributed by atoms with E-state index < -0.39 is 0 Å². The average Bonchev–Trinajstić information content (AvgIpc) is 2.37. The number of hydrogen-bond acceptors (Lipinski definition) is 5. The molecule has 1 aromatic heterocycles. The molecule has 21 heavy (non-hydrogen) atoms. The monoisotopic (exact) mass is 305 g/mol. The highest BCUT2D eigenvalue weighted by Gasteiger charge is 2.06. The molecule has 0 bridgehead atoms. The molecule has 1 aromatic carbocycles. The Morgan fingerprint density at radius 1 is 1.29 bits per heavy atom. The summed E-state index contributed by atoms with van der Waals surface area (Å²) in [6.45, 7) is 4.56. The molecular weight excluding hydrogens is 286 g/mol. The molecule has 0 radical (unpaired) electrons. The summed E-state index contributed by atoms with van der Waals surface area (Å²) >= 11 is 1.37. The van der Waals surface area contributed by atoms with Crippen molar-refractivity contribution in [3.8, 4) is 5.75 Å². The molecule has 0 spiro atoms. The Hall–Kier alpha value is -1.95. The maximum Gasteiger partial charge on any atom is 0.251 e. The number of benzene rings is 1. The van der Waals surface area contributed by atoms with Crippen molar-refractivity contribution in [3.63, 3.8) is 0 Å². The van der Waals surface area contributed by atoms with E-state index >= 15 is 0 Å². The summed E-state index contributed by atoms with van der Waals surface area (Å²) in [5, 5.41) is 0.569. The van der Waals surface area contributed by atoms with E-state index in [9.17, 15) is 4.79 Å². The summed E-state index contributed by atoms with van der Waals surface area (Å²) in [7, 11) is 0. The van der Waals surface area contributed by atoms with Gasteiger partial charge in [-0.25, -0.2) is 4.98 Å². The molecule has 0 aliphatic rings. The van der Waals surface area contributed by atoms with Crippen molar-refractivity contribution in [2.45, 2.75) is 36.7 Å². The summed E-state index contributed by atoms with van der Waals surface area (Å²) in [5.41, 5.74) is 7.16. The van der Waals surface area contributed by atoms with Gasteiger partial charge in [-0.1, -0.05) is 25.1 Å². The largest absolute Gasteiger partial charge is 0.494 e. The second kappa shape index (κ2) is 7.17. The number of nitrogens with zero attached hydrogens (tertiary/aromatic N) is 1. The first-order chi connectivity index (χ1) is 10.1. The van der Waals surface area contributed by atoms with E-state index in [1.807, 2.05) is 19.1 Å². The van der Waals surface area contributed by atoms with E-state index in [1.54, 1.807) is 12.1 Å². The number of anilines is 1. The molecule has 0 amide bonds. The van der Waals surface area contributed by atoms with E-state index in [0.29, 0.717) is 23.2 Å². The number of nitrogens with two attached hydrogens (primary N) is 1. The van der Waals surface area contributed by atoms with Crippen molar-refractivity contribution in [1.29, 1.82) is 0 Å². The smallest absolute Gasteiger partial charge is 0.251 e. The molecule has 1 heterocycles. The quantitative estimate of drug-likeness (QED) is 0.633. The molecule has 0 aliphatic carbocycles. The highest BCUT2D eigenvalue weighted by molar-refractivity contribution is 7.99. The lowest BCUT2D eigenvalue weighted by atomic mass is 10.2. The van der Waals surface area contributed by atoms with Crippen molar-refractivity contribution < 1.29 is 4.74 Å². The zero-order valence-electron chi connectivity index (χ0n) is 12.2. The van der Waals surface area contributed by atoms with E-state index in [1.165, 1.54) is 11.8 Å². The number of rotatable bonds is 6. The predicted molar refractivity (Wildman–Crippen MR) is 85.0 cm³/mol. The van der Waals surface area contributed by atoms with Gasteiger partial charge in [0.2, 0.25) is 0 Å². The molecule has 2 aromatic rings. The Labute approximate surface area is 127 Å². The third-order valence-electron chi connectivity index (χ3n) is 2.71. The first-order valence-electron chi connectivity index (χ1n) is 6.92. The third-order valence-corrected chi connectivity index (χ3v) is 3.57. The standard InChI is InChI=1S/C15H19N3O2S/c1-3-5-11-8-14(19)18-15(17-11)21-13-7-10(16)6-12(9-13)20-4-2/h6-9H,3-5,16H2,1-2H3,(H,17,18,19). The fourth-order valence-corrected chi connectivity index (χ4v) is 2.84. The Morgan fingerprint density at radius 2 is 2.10 bits per heavy atom. The topological polar surface area (TPSA) is 81.0 Å². The number of H-pyrrole nitrogens is 1. The number of nitrogen functional groups attached to an aromatic ring is 1. The Kier molecular flexibility index (Phi) is 5.27. The number of hydrogen-bond donors (Lipinski definition) is 2. The third kappa shape index (κ3) is 4.53. The molecule has 0 aliphatic heterocycles. The highest BCUT2D eigenvalue weighted by atomic mass is 32.2. The number of aryl methyl sites for hydroxylation is 1. The van der Waals surface area contributed by atoms with E-state index in [0.717, 1.165) is 23.4 Å². The van der Waals surface area contributed by atoms with Gasteiger partial charge in [-0.3, -0.25) is 4.79 Å². The molecule has 0 unspecified atom stereocenters. The van der Waals surface area contributed by atoms with Gasteiger partial charge in [-0.2, -0.15) is 0 Å². The van der Waals surface area contributed by atoms with Gasteiger partial charge in [-0.15, -0.1) is 0 Å². The SMILES string of the molecule is CCCc1cc(=O)[nH]c(Sc2cc(N)cc(OCC)c2)n1. The molecule has 5 nitrogen and oxygen atoms in total. The summed E-state index contributed by atoms with van der Waals surface area (Å²) in [4.78, 5) is 19.7. The van der Waals surface area contributed by atoms with Gasteiger partial charge < -0.3 is 15.5 Å². The maximum absolute atomic E-state index is 11.7. The van der Waals surface area contributed by atoms with Gasteiger partial charge in [0, 0.05) is 28.4 Å². The molecular formula is C15H19N3O2S. The van der Waals surface area contributed by atoms with Crippen molar-refractivity contribution in [3.05, 3.63) is 40.3 Å². The molecule has 0 saturated heterocycles. The van der Waals surface area contributed by atoms with E-state index in [-0.39, 0.29) is 5.56 Å². The zero-order valence-corrected chi connectivity index (χ0v) is 13.0. The van der Waals surface area contributed by atoms with Crippen LogP contribution in [0.4, 0.5) is 5.69 Å². The minimum atomic E-state index is -0.134. The zero-order chi connectivity index (χ0) is 15.2. The van der Waals surface area contributed by atoms with Crippen LogP contribution in [-0.2, 0) is 6.42 Å². The van der Waals surface area contributed by atoms with Crippen LogP contribution in [0.1, 0.15) is 26.0 Å². The lowest BCUT2D eigenvalue weighted by molar-refractivity contribution is 0.339. The normalized spacial score (nSPS) is 10.6. The molecule has 112 valence electrons. The summed E-state index contributed by atoms with van der Waals surface area (Å²) in [6.07, 6.45) is 1.74. The van der Waals surface area contributed by atoms with Crippen LogP contribution in [0.2, 0.25) is 0 Å². The Bertz CT molecular complexity index is 670. The van der Waals surface area contributed by atoms with Gasteiger partial charge >= 0.3 is 0 Å². The fourth-order valence-electron chi connectivity index (χ4n) is 1.93. The van der Waals surface area contributed by atoms with Gasteiger partial charge in [0.1, 0.15) is 5.75 Å². The minimum Gasteiger partial charge on any atom is -0.494 e. The van der Waals surface area contributed by atoms with Crippen LogP contribution in [0.5, 0.6) is 5.75 Å². The van der Waals surface area contributed by atoms with Crippen LogP contribution in [0, 0.1) is 0 Å². The fraction of sp³-hybridized carbons (Fsp3) is 0.333. The van der Waals surface area contributed by atoms with Gasteiger partial charge in [0.05, 0.1) is 6.61 Å². The van der Waals surface area contributed by atoms with Crippen LogP contribution in [-0.4, -0.2) is 16.6 Å². The number of nitrogens with one attached hydrogen (secondary N) is 1. The summed E-state index contributed by atoms with van der Waals surface area (Å²) in [6, 6.07) is 7.03. The molecule has 0 atom stereocenters. The van der Waals surface area contributed by atoms with Gasteiger partial charge in [-0.05, 0) is 25.5 Å².